The zero-order chi connectivity index (χ0) is 20.4. The molecule has 3 heterocycles. The molecular weight excluding hydrogens is 371 g/mol. The molecule has 0 saturated heterocycles. The first kappa shape index (κ1) is 18.6. The minimum absolute atomic E-state index is 0.142. The summed E-state index contributed by atoms with van der Waals surface area (Å²) in [5.41, 5.74) is 7.43. The number of nitrogens with zero attached hydrogens (tertiary/aromatic N) is 4. The van der Waals surface area contributed by atoms with Crippen molar-refractivity contribution in [2.24, 2.45) is 5.73 Å². The first-order chi connectivity index (χ1) is 14.0. The smallest absolute Gasteiger partial charge is 0.423 e. The Kier molecular flexibility index (Phi) is 4.94. The quantitative estimate of drug-likeness (QED) is 0.346. The molecule has 0 unspecified atom stereocenters. The number of benzene rings is 1. The van der Waals surface area contributed by atoms with Gasteiger partial charge in [0.1, 0.15) is 5.82 Å². The highest BCUT2D eigenvalue weighted by Crippen LogP contribution is 2.19. The van der Waals surface area contributed by atoms with Gasteiger partial charge in [0.05, 0.1) is 17.3 Å². The molecular formula is C19H17BN6O3. The van der Waals surface area contributed by atoms with E-state index in [1.807, 2.05) is 30.3 Å². The van der Waals surface area contributed by atoms with Crippen molar-refractivity contribution in [3.05, 3.63) is 72.2 Å². The molecule has 1 amide bonds. The predicted molar refractivity (Wildman–Crippen MR) is 108 cm³/mol. The molecule has 3 aromatic heterocycles. The average Bonchev–Trinajstić information content (AvgIpc) is 3.16. The molecule has 29 heavy (non-hydrogen) atoms. The van der Waals surface area contributed by atoms with Crippen molar-refractivity contribution < 1.29 is 14.8 Å². The highest BCUT2D eigenvalue weighted by molar-refractivity contribution is 6.60. The number of amides is 1. The maximum Gasteiger partial charge on any atom is 0.493 e. The van der Waals surface area contributed by atoms with Gasteiger partial charge in [-0.15, -0.1) is 0 Å². The van der Waals surface area contributed by atoms with E-state index in [-0.39, 0.29) is 17.1 Å². The molecule has 0 fully saturated rings. The van der Waals surface area contributed by atoms with E-state index in [1.165, 1.54) is 12.4 Å². The number of hydrogen-bond donors (Lipinski definition) is 4. The van der Waals surface area contributed by atoms with Gasteiger partial charge in [0.25, 0.3) is 5.91 Å². The third kappa shape index (κ3) is 3.66. The van der Waals surface area contributed by atoms with Gasteiger partial charge >= 0.3 is 7.12 Å². The van der Waals surface area contributed by atoms with Crippen LogP contribution in [0.1, 0.15) is 15.9 Å². The molecule has 0 saturated carbocycles. The van der Waals surface area contributed by atoms with Crippen LogP contribution in [0.5, 0.6) is 0 Å². The lowest BCUT2D eigenvalue weighted by Gasteiger charge is -2.12. The number of aromatic nitrogens is 4. The number of rotatable bonds is 6. The lowest BCUT2D eigenvalue weighted by molar-refractivity contribution is 0.100. The highest BCUT2D eigenvalue weighted by Gasteiger charge is 2.21. The number of carbonyl (C=O) groups excluding carboxylic acids is 1. The number of primary amides is 1. The Balaban J connectivity index is 1.74. The topological polar surface area (TPSA) is 139 Å². The molecule has 0 bridgehead atoms. The van der Waals surface area contributed by atoms with E-state index < -0.39 is 13.0 Å². The van der Waals surface area contributed by atoms with Crippen LogP contribution in [0.4, 0.5) is 5.82 Å². The van der Waals surface area contributed by atoms with E-state index in [1.54, 1.807) is 22.7 Å². The van der Waals surface area contributed by atoms with Crippen LogP contribution in [-0.2, 0) is 6.54 Å². The minimum atomic E-state index is -1.74. The largest absolute Gasteiger partial charge is 0.493 e. The molecule has 0 aliphatic heterocycles. The summed E-state index contributed by atoms with van der Waals surface area (Å²) in [6.45, 7) is 0.436. The average molecular weight is 388 g/mol. The molecule has 144 valence electrons. The molecule has 0 atom stereocenters. The summed E-state index contributed by atoms with van der Waals surface area (Å²) < 4.78 is 1.66. The number of pyridine rings is 1. The van der Waals surface area contributed by atoms with E-state index in [9.17, 15) is 14.8 Å². The van der Waals surface area contributed by atoms with Crippen molar-refractivity contribution in [3.63, 3.8) is 0 Å². The van der Waals surface area contributed by atoms with Crippen molar-refractivity contribution in [1.29, 1.82) is 0 Å². The van der Waals surface area contributed by atoms with Gasteiger partial charge < -0.3 is 21.1 Å². The van der Waals surface area contributed by atoms with Crippen LogP contribution in [0.15, 0.2) is 61.1 Å². The summed E-state index contributed by atoms with van der Waals surface area (Å²) in [5, 5.41) is 22.4. The fourth-order valence-electron chi connectivity index (χ4n) is 3.01. The van der Waals surface area contributed by atoms with Crippen LogP contribution in [-0.4, -0.2) is 42.4 Å². The number of carbonyl (C=O) groups is 1. The summed E-state index contributed by atoms with van der Waals surface area (Å²) in [6, 6.07) is 12.9. The predicted octanol–water partition coefficient (Wildman–Crippen LogP) is 0.182. The van der Waals surface area contributed by atoms with E-state index in [2.05, 4.69) is 20.3 Å². The van der Waals surface area contributed by atoms with Gasteiger partial charge in [0.2, 0.25) is 0 Å². The number of hydrogen-bond acceptors (Lipinski definition) is 7. The van der Waals surface area contributed by atoms with Gasteiger partial charge in [-0.25, -0.2) is 15.0 Å². The molecule has 0 spiro atoms. The molecule has 0 radical (unpaired) electrons. The van der Waals surface area contributed by atoms with Crippen molar-refractivity contribution >= 4 is 29.8 Å². The van der Waals surface area contributed by atoms with Crippen LogP contribution in [0.3, 0.4) is 0 Å². The van der Waals surface area contributed by atoms with Gasteiger partial charge in [-0.1, -0.05) is 30.3 Å². The summed E-state index contributed by atoms with van der Waals surface area (Å²) in [5.74, 6) is 0.361. The van der Waals surface area contributed by atoms with Crippen LogP contribution in [0, 0.1) is 0 Å². The summed E-state index contributed by atoms with van der Waals surface area (Å²) in [7, 11) is -1.74. The van der Waals surface area contributed by atoms with Gasteiger partial charge in [-0.05, 0) is 17.7 Å². The number of fused-ring (bicyclic) bond motifs is 1. The third-order valence-electron chi connectivity index (χ3n) is 4.43. The normalized spacial score (nSPS) is 10.8. The van der Waals surface area contributed by atoms with Gasteiger partial charge in [0.15, 0.2) is 11.6 Å². The lowest BCUT2D eigenvalue weighted by atomic mass is 9.81. The van der Waals surface area contributed by atoms with Gasteiger partial charge in [-0.2, -0.15) is 0 Å². The Hall–Kier alpha value is -3.76. The second kappa shape index (κ2) is 7.70. The molecule has 4 aromatic rings. The van der Waals surface area contributed by atoms with E-state index in [0.717, 1.165) is 5.56 Å². The Bertz CT molecular complexity index is 1180. The van der Waals surface area contributed by atoms with E-state index in [4.69, 9.17) is 5.73 Å². The summed E-state index contributed by atoms with van der Waals surface area (Å²) in [4.78, 5) is 24.6. The lowest BCUT2D eigenvalue weighted by Crippen LogP contribution is -2.34. The zero-order valence-electron chi connectivity index (χ0n) is 15.2. The van der Waals surface area contributed by atoms with E-state index >= 15 is 0 Å². The maximum absolute atomic E-state index is 11.6. The first-order valence-electron chi connectivity index (χ1n) is 8.81. The Morgan fingerprint density at radius 2 is 1.90 bits per heavy atom. The van der Waals surface area contributed by atoms with Crippen molar-refractivity contribution in [3.8, 4) is 11.6 Å². The Labute approximate surface area is 166 Å². The Morgan fingerprint density at radius 3 is 2.62 bits per heavy atom. The maximum atomic E-state index is 11.6. The monoisotopic (exact) mass is 388 g/mol. The fraction of sp³-hybridized carbons (Fsp3) is 0.0526. The molecule has 9 nitrogen and oxygen atoms in total. The van der Waals surface area contributed by atoms with Gasteiger partial charge in [0, 0.05) is 24.4 Å². The van der Waals surface area contributed by atoms with Crippen molar-refractivity contribution in [2.45, 2.75) is 6.54 Å². The number of nitrogens with one attached hydrogen (secondary N) is 1. The molecule has 0 aliphatic rings. The van der Waals surface area contributed by atoms with E-state index in [0.29, 0.717) is 23.4 Å². The molecule has 5 N–H and O–H groups in total. The second-order valence-corrected chi connectivity index (χ2v) is 6.33. The SMILES string of the molecule is NC(=O)c1cccn2c(-c3ncc(B(O)O)c(NCc4ccccc4)n3)ncc12. The Morgan fingerprint density at radius 1 is 1.10 bits per heavy atom. The minimum Gasteiger partial charge on any atom is -0.423 e. The highest BCUT2D eigenvalue weighted by atomic mass is 16.4. The van der Waals surface area contributed by atoms with Crippen LogP contribution >= 0.6 is 0 Å². The third-order valence-corrected chi connectivity index (χ3v) is 4.43. The standard InChI is InChI=1S/C19H17BN6O3/c21-16(27)13-7-4-8-26-15(13)11-24-19(26)18-23-10-14(20(28)29)17(25-18)22-9-12-5-2-1-3-6-12/h1-8,10-11,28-29H,9H2,(H2,21,27)(H,22,23,25). The molecule has 0 aliphatic carbocycles. The zero-order valence-corrected chi connectivity index (χ0v) is 15.2. The second-order valence-electron chi connectivity index (χ2n) is 6.33. The number of nitrogens with two attached hydrogens (primary N) is 1. The first-order valence-corrected chi connectivity index (χ1v) is 8.81. The molecule has 10 heteroatoms. The number of imidazole rings is 1. The summed E-state index contributed by atoms with van der Waals surface area (Å²) in [6.07, 6.45) is 4.57. The fourth-order valence-corrected chi connectivity index (χ4v) is 3.01. The van der Waals surface area contributed by atoms with Crippen LogP contribution in [0.2, 0.25) is 0 Å². The number of anilines is 1. The summed E-state index contributed by atoms with van der Waals surface area (Å²) >= 11 is 0. The van der Waals surface area contributed by atoms with Crippen LogP contribution < -0.4 is 16.5 Å². The molecule has 1 aromatic carbocycles. The van der Waals surface area contributed by atoms with Crippen molar-refractivity contribution in [2.75, 3.05) is 5.32 Å². The molecule has 4 rings (SSSR count). The van der Waals surface area contributed by atoms with Crippen LogP contribution in [0.25, 0.3) is 17.2 Å². The van der Waals surface area contributed by atoms with Crippen molar-refractivity contribution in [1.82, 2.24) is 19.4 Å². The van der Waals surface area contributed by atoms with Gasteiger partial charge in [-0.3, -0.25) is 9.20 Å².